The van der Waals surface area contributed by atoms with E-state index >= 15 is 0 Å². The van der Waals surface area contributed by atoms with E-state index in [4.69, 9.17) is 5.73 Å². The Kier molecular flexibility index (Phi) is 6.02. The molecule has 104 valence electrons. The van der Waals surface area contributed by atoms with Gasteiger partial charge in [-0.25, -0.2) is 0 Å². The predicted octanol–water partition coefficient (Wildman–Crippen LogP) is 0.790. The highest BCUT2D eigenvalue weighted by Crippen LogP contribution is 2.04. The fourth-order valence-corrected chi connectivity index (χ4v) is 1.59. The van der Waals surface area contributed by atoms with E-state index < -0.39 is 6.04 Å². The van der Waals surface area contributed by atoms with E-state index in [2.05, 4.69) is 10.6 Å². The molecule has 5 nitrogen and oxygen atoms in total. The van der Waals surface area contributed by atoms with Crippen LogP contribution >= 0.6 is 0 Å². The van der Waals surface area contributed by atoms with Crippen molar-refractivity contribution in [2.75, 3.05) is 6.54 Å². The van der Waals surface area contributed by atoms with Crippen LogP contribution in [0.15, 0.2) is 24.3 Å². The van der Waals surface area contributed by atoms with Crippen molar-refractivity contribution in [3.05, 3.63) is 35.4 Å². The van der Waals surface area contributed by atoms with Gasteiger partial charge >= 0.3 is 0 Å². The second-order valence-corrected chi connectivity index (χ2v) is 4.39. The number of amides is 2. The lowest BCUT2D eigenvalue weighted by molar-refractivity contribution is -0.122. The predicted molar refractivity (Wildman–Crippen MR) is 74.6 cm³/mol. The quantitative estimate of drug-likeness (QED) is 0.709. The zero-order valence-corrected chi connectivity index (χ0v) is 11.4. The number of hydrogen-bond donors (Lipinski definition) is 3. The summed E-state index contributed by atoms with van der Waals surface area (Å²) >= 11 is 0. The summed E-state index contributed by atoms with van der Waals surface area (Å²) in [4.78, 5) is 23.6. The number of carbonyl (C=O) groups is 2. The van der Waals surface area contributed by atoms with Crippen molar-refractivity contribution in [2.45, 2.75) is 32.9 Å². The van der Waals surface area contributed by atoms with E-state index in [1.165, 1.54) is 0 Å². The molecule has 4 N–H and O–H groups in total. The topological polar surface area (TPSA) is 84.2 Å². The Labute approximate surface area is 113 Å². The summed E-state index contributed by atoms with van der Waals surface area (Å²) < 4.78 is 0. The summed E-state index contributed by atoms with van der Waals surface area (Å²) in [6.07, 6.45) is 0.866. The van der Waals surface area contributed by atoms with Gasteiger partial charge in [0.25, 0.3) is 5.91 Å². The Morgan fingerprint density at radius 3 is 2.74 bits per heavy atom. The first-order valence-electron chi connectivity index (χ1n) is 6.46. The van der Waals surface area contributed by atoms with Gasteiger partial charge in [-0.2, -0.15) is 0 Å². The Bertz CT molecular complexity index is 446. The van der Waals surface area contributed by atoms with Crippen molar-refractivity contribution in [1.82, 2.24) is 10.6 Å². The fraction of sp³-hybridized carbons (Fsp3) is 0.429. The van der Waals surface area contributed by atoms with E-state index in [0.29, 0.717) is 18.7 Å². The van der Waals surface area contributed by atoms with E-state index in [0.717, 1.165) is 12.0 Å². The first-order chi connectivity index (χ1) is 9.08. The average Bonchev–Trinajstić information content (AvgIpc) is 2.44. The third-order valence-corrected chi connectivity index (χ3v) is 2.71. The van der Waals surface area contributed by atoms with Crippen molar-refractivity contribution in [1.29, 1.82) is 0 Å². The van der Waals surface area contributed by atoms with E-state index in [-0.39, 0.29) is 11.8 Å². The molecule has 1 aromatic rings. The lowest BCUT2D eigenvalue weighted by atomic mass is 10.1. The van der Waals surface area contributed by atoms with Crippen LogP contribution in [0, 0.1) is 0 Å². The summed E-state index contributed by atoms with van der Waals surface area (Å²) in [5.41, 5.74) is 6.92. The van der Waals surface area contributed by atoms with Crippen LogP contribution in [0.4, 0.5) is 0 Å². The van der Waals surface area contributed by atoms with Crippen molar-refractivity contribution in [2.24, 2.45) is 5.73 Å². The monoisotopic (exact) mass is 263 g/mol. The van der Waals surface area contributed by atoms with E-state index in [1.54, 1.807) is 25.1 Å². The van der Waals surface area contributed by atoms with Crippen LogP contribution in [0.25, 0.3) is 0 Å². The fourth-order valence-electron chi connectivity index (χ4n) is 1.59. The Morgan fingerprint density at radius 1 is 1.37 bits per heavy atom. The molecule has 1 unspecified atom stereocenters. The normalized spacial score (nSPS) is 11.7. The maximum Gasteiger partial charge on any atom is 0.251 e. The van der Waals surface area contributed by atoms with Crippen LogP contribution in [0.3, 0.4) is 0 Å². The van der Waals surface area contributed by atoms with Gasteiger partial charge < -0.3 is 16.4 Å². The number of rotatable bonds is 6. The highest BCUT2D eigenvalue weighted by atomic mass is 16.2. The maximum atomic E-state index is 12.0. The molecule has 0 aromatic heterocycles. The summed E-state index contributed by atoms with van der Waals surface area (Å²) in [6.45, 7) is 4.63. The molecule has 0 fully saturated rings. The Morgan fingerprint density at radius 2 is 2.11 bits per heavy atom. The second-order valence-electron chi connectivity index (χ2n) is 4.39. The molecule has 0 heterocycles. The molecule has 0 aliphatic rings. The Balaban J connectivity index is 2.60. The molecular weight excluding hydrogens is 242 g/mol. The van der Waals surface area contributed by atoms with Crippen LogP contribution in [-0.2, 0) is 11.3 Å². The molecule has 1 aromatic carbocycles. The van der Waals surface area contributed by atoms with Crippen LogP contribution in [0.1, 0.15) is 36.2 Å². The van der Waals surface area contributed by atoms with Crippen molar-refractivity contribution < 1.29 is 9.59 Å². The first kappa shape index (κ1) is 15.2. The molecule has 1 atom stereocenters. The molecule has 0 radical (unpaired) electrons. The average molecular weight is 263 g/mol. The maximum absolute atomic E-state index is 12.0. The van der Waals surface area contributed by atoms with Crippen molar-refractivity contribution in [3.8, 4) is 0 Å². The number of hydrogen-bond acceptors (Lipinski definition) is 3. The first-order valence-corrected chi connectivity index (χ1v) is 6.46. The minimum atomic E-state index is -0.555. The molecule has 0 bridgehead atoms. The summed E-state index contributed by atoms with van der Waals surface area (Å²) in [7, 11) is 0. The van der Waals surface area contributed by atoms with Gasteiger partial charge in [-0.05, 0) is 31.0 Å². The largest absolute Gasteiger partial charge is 0.354 e. The van der Waals surface area contributed by atoms with Gasteiger partial charge in [0.1, 0.15) is 6.04 Å². The van der Waals surface area contributed by atoms with Crippen LogP contribution in [0.5, 0.6) is 0 Å². The molecule has 0 spiro atoms. The number of carbonyl (C=O) groups excluding carboxylic acids is 2. The lowest BCUT2D eigenvalue weighted by Gasteiger charge is -2.14. The summed E-state index contributed by atoms with van der Waals surface area (Å²) in [5.74, 6) is -0.445. The van der Waals surface area contributed by atoms with Crippen LogP contribution in [0.2, 0.25) is 0 Å². The van der Waals surface area contributed by atoms with Crippen molar-refractivity contribution in [3.63, 3.8) is 0 Å². The van der Waals surface area contributed by atoms with Crippen LogP contribution in [-0.4, -0.2) is 24.4 Å². The van der Waals surface area contributed by atoms with Gasteiger partial charge in [-0.3, -0.25) is 9.59 Å². The van der Waals surface area contributed by atoms with E-state index in [9.17, 15) is 9.59 Å². The van der Waals surface area contributed by atoms with Crippen molar-refractivity contribution >= 4 is 11.8 Å². The molecule has 2 amide bonds. The number of benzene rings is 1. The molecule has 0 aliphatic carbocycles. The number of nitrogens with one attached hydrogen (secondary N) is 2. The highest BCUT2D eigenvalue weighted by molar-refractivity contribution is 5.97. The SMILES string of the molecule is CCCNC(=O)C(C)NC(=O)c1cccc(CN)c1. The smallest absolute Gasteiger partial charge is 0.251 e. The molecule has 0 saturated carbocycles. The molecular formula is C14H21N3O2. The van der Waals surface area contributed by atoms with Gasteiger partial charge in [0.2, 0.25) is 5.91 Å². The lowest BCUT2D eigenvalue weighted by Crippen LogP contribution is -2.45. The third kappa shape index (κ3) is 4.71. The number of nitrogens with two attached hydrogens (primary N) is 1. The van der Waals surface area contributed by atoms with Gasteiger partial charge in [-0.15, -0.1) is 0 Å². The standard InChI is InChI=1S/C14H21N3O2/c1-3-7-16-13(18)10(2)17-14(19)12-6-4-5-11(8-12)9-15/h4-6,8,10H,3,7,9,15H2,1-2H3,(H,16,18)(H,17,19). The second kappa shape index (κ2) is 7.53. The zero-order chi connectivity index (χ0) is 14.3. The highest BCUT2D eigenvalue weighted by Gasteiger charge is 2.15. The molecule has 1 rings (SSSR count). The van der Waals surface area contributed by atoms with Gasteiger partial charge in [-0.1, -0.05) is 19.1 Å². The minimum Gasteiger partial charge on any atom is -0.354 e. The Hall–Kier alpha value is -1.88. The zero-order valence-electron chi connectivity index (χ0n) is 11.4. The van der Waals surface area contributed by atoms with E-state index in [1.807, 2.05) is 13.0 Å². The van der Waals surface area contributed by atoms with Crippen LogP contribution < -0.4 is 16.4 Å². The third-order valence-electron chi connectivity index (χ3n) is 2.71. The van der Waals surface area contributed by atoms with Gasteiger partial charge in [0, 0.05) is 18.7 Å². The minimum absolute atomic E-state index is 0.176. The molecule has 5 heteroatoms. The van der Waals surface area contributed by atoms with Gasteiger partial charge in [0.05, 0.1) is 0 Å². The molecule has 0 aliphatic heterocycles. The molecule has 19 heavy (non-hydrogen) atoms. The van der Waals surface area contributed by atoms with Gasteiger partial charge in [0.15, 0.2) is 0 Å². The summed E-state index contributed by atoms with van der Waals surface area (Å²) in [5, 5.41) is 5.40. The molecule has 0 saturated heterocycles. The summed E-state index contributed by atoms with van der Waals surface area (Å²) in [6, 6.07) is 6.50.